The van der Waals surface area contributed by atoms with Crippen LogP contribution in [0, 0.1) is 6.92 Å². The Balaban J connectivity index is 1.96. The molecule has 0 unspecified atom stereocenters. The van der Waals surface area contributed by atoms with Gasteiger partial charge in [-0.25, -0.2) is 0 Å². The highest BCUT2D eigenvalue weighted by Crippen LogP contribution is 2.20. The fourth-order valence-electron chi connectivity index (χ4n) is 1.58. The lowest BCUT2D eigenvalue weighted by Gasteiger charge is -2.05. The first kappa shape index (κ1) is 14.4. The minimum atomic E-state index is -0.0720. The van der Waals surface area contributed by atoms with Gasteiger partial charge in [0.1, 0.15) is 0 Å². The first-order valence-electron chi connectivity index (χ1n) is 6.41. The second-order valence-electron chi connectivity index (χ2n) is 4.55. The molecular formula is C17H17NOS. The van der Waals surface area contributed by atoms with Gasteiger partial charge in [-0.1, -0.05) is 47.7 Å². The molecule has 0 aromatic heterocycles. The van der Waals surface area contributed by atoms with Gasteiger partial charge in [0.05, 0.1) is 0 Å². The summed E-state index contributed by atoms with van der Waals surface area (Å²) < 4.78 is 0. The average Bonchev–Trinajstić information content (AvgIpc) is 2.48. The van der Waals surface area contributed by atoms with Crippen molar-refractivity contribution in [3.05, 3.63) is 71.1 Å². The van der Waals surface area contributed by atoms with Gasteiger partial charge in [0.2, 0.25) is 0 Å². The van der Waals surface area contributed by atoms with Crippen LogP contribution in [-0.4, -0.2) is 5.91 Å². The molecule has 1 N–H and O–H groups in total. The van der Waals surface area contributed by atoms with Crippen molar-refractivity contribution in [1.82, 2.24) is 0 Å². The van der Waals surface area contributed by atoms with Crippen LogP contribution in [0.15, 0.2) is 70.5 Å². The van der Waals surface area contributed by atoms with E-state index in [2.05, 4.69) is 5.32 Å². The van der Waals surface area contributed by atoms with Crippen molar-refractivity contribution in [2.24, 2.45) is 0 Å². The quantitative estimate of drug-likeness (QED) is 0.654. The fourth-order valence-corrected chi connectivity index (χ4v) is 2.31. The first-order valence-corrected chi connectivity index (χ1v) is 7.29. The number of anilines is 1. The zero-order chi connectivity index (χ0) is 14.4. The second-order valence-corrected chi connectivity index (χ2v) is 5.49. The molecule has 0 heterocycles. The molecule has 0 saturated heterocycles. The van der Waals surface area contributed by atoms with E-state index in [9.17, 15) is 4.79 Å². The number of thioether (sulfide) groups is 1. The average molecular weight is 283 g/mol. The van der Waals surface area contributed by atoms with E-state index in [4.69, 9.17) is 0 Å². The second kappa shape index (κ2) is 6.96. The summed E-state index contributed by atoms with van der Waals surface area (Å²) in [7, 11) is 0. The van der Waals surface area contributed by atoms with E-state index in [0.717, 1.165) is 10.6 Å². The van der Waals surface area contributed by atoms with Gasteiger partial charge in [0.15, 0.2) is 0 Å². The van der Waals surface area contributed by atoms with E-state index >= 15 is 0 Å². The Morgan fingerprint density at radius 3 is 2.35 bits per heavy atom. The van der Waals surface area contributed by atoms with Crippen molar-refractivity contribution >= 4 is 23.4 Å². The Hall–Kier alpha value is -2.00. The molecule has 0 bridgehead atoms. The molecule has 0 saturated carbocycles. The first-order chi connectivity index (χ1) is 9.65. The van der Waals surface area contributed by atoms with E-state index in [-0.39, 0.29) is 5.91 Å². The van der Waals surface area contributed by atoms with E-state index in [1.54, 1.807) is 11.8 Å². The van der Waals surface area contributed by atoms with Crippen LogP contribution in [0.25, 0.3) is 0 Å². The van der Waals surface area contributed by atoms with Gasteiger partial charge in [-0.15, -0.1) is 0 Å². The summed E-state index contributed by atoms with van der Waals surface area (Å²) in [6.07, 6.45) is 0. The highest BCUT2D eigenvalue weighted by Gasteiger charge is 2.04. The summed E-state index contributed by atoms with van der Waals surface area (Å²) in [6, 6.07) is 17.8. The van der Waals surface area contributed by atoms with Gasteiger partial charge in [-0.2, -0.15) is 0 Å². The van der Waals surface area contributed by atoms with E-state index in [1.165, 1.54) is 5.56 Å². The lowest BCUT2D eigenvalue weighted by molar-refractivity contribution is -0.112. The van der Waals surface area contributed by atoms with Crippen LogP contribution in [0.2, 0.25) is 0 Å². The molecule has 0 aliphatic rings. The minimum Gasteiger partial charge on any atom is -0.322 e. The zero-order valence-corrected chi connectivity index (χ0v) is 12.4. The number of rotatable bonds is 4. The normalized spacial score (nSPS) is 11.2. The summed E-state index contributed by atoms with van der Waals surface area (Å²) in [5.74, 6) is -0.0720. The van der Waals surface area contributed by atoms with Gasteiger partial charge >= 0.3 is 0 Å². The molecule has 2 aromatic carbocycles. The van der Waals surface area contributed by atoms with Crippen molar-refractivity contribution in [3.63, 3.8) is 0 Å². The molecule has 0 spiro atoms. The van der Waals surface area contributed by atoms with Gasteiger partial charge in [-0.3, -0.25) is 4.79 Å². The number of carbonyl (C=O) groups excluding carboxylic acids is 1. The summed E-state index contributed by atoms with van der Waals surface area (Å²) in [6.45, 7) is 3.84. The van der Waals surface area contributed by atoms with Crippen LogP contribution in [0.5, 0.6) is 0 Å². The molecule has 1 amide bonds. The third-order valence-electron chi connectivity index (χ3n) is 2.78. The third kappa shape index (κ3) is 4.28. The number of amides is 1. The smallest absolute Gasteiger partial charge is 0.251 e. The summed E-state index contributed by atoms with van der Waals surface area (Å²) in [5, 5.41) is 4.76. The van der Waals surface area contributed by atoms with Crippen molar-refractivity contribution in [2.75, 3.05) is 5.32 Å². The molecule has 20 heavy (non-hydrogen) atoms. The topological polar surface area (TPSA) is 29.1 Å². The van der Waals surface area contributed by atoms with Crippen LogP contribution in [0.4, 0.5) is 5.69 Å². The highest BCUT2D eigenvalue weighted by molar-refractivity contribution is 8.02. The molecule has 102 valence electrons. The molecule has 2 rings (SSSR count). The minimum absolute atomic E-state index is 0.0720. The fraction of sp³-hybridized carbons (Fsp3) is 0.118. The van der Waals surface area contributed by atoms with Crippen molar-refractivity contribution in [3.8, 4) is 0 Å². The maximum atomic E-state index is 12.0. The van der Waals surface area contributed by atoms with Crippen LogP contribution in [-0.2, 0) is 4.79 Å². The SMILES string of the molecule is CC(=CSc1ccccc1)C(=O)Nc1ccc(C)cc1. The van der Waals surface area contributed by atoms with Crippen molar-refractivity contribution in [1.29, 1.82) is 0 Å². The predicted molar refractivity (Wildman–Crippen MR) is 85.9 cm³/mol. The summed E-state index contributed by atoms with van der Waals surface area (Å²) in [4.78, 5) is 13.1. The monoisotopic (exact) mass is 283 g/mol. The molecule has 0 aliphatic heterocycles. The molecule has 2 nitrogen and oxygen atoms in total. The Labute approximate surface area is 123 Å². The molecule has 2 aromatic rings. The third-order valence-corrected chi connectivity index (χ3v) is 3.80. The molecule has 0 fully saturated rings. The summed E-state index contributed by atoms with van der Waals surface area (Å²) >= 11 is 1.55. The number of aryl methyl sites for hydroxylation is 1. The lowest BCUT2D eigenvalue weighted by Crippen LogP contribution is -2.12. The van der Waals surface area contributed by atoms with Crippen molar-refractivity contribution < 1.29 is 4.79 Å². The Kier molecular flexibility index (Phi) is 5.02. The summed E-state index contributed by atoms with van der Waals surface area (Å²) in [5.41, 5.74) is 2.69. The van der Waals surface area contributed by atoms with Gasteiger partial charge in [-0.05, 0) is 43.5 Å². The molecule has 0 radical (unpaired) electrons. The number of hydrogen-bond acceptors (Lipinski definition) is 2. The van der Waals surface area contributed by atoms with E-state index in [0.29, 0.717) is 5.57 Å². The zero-order valence-electron chi connectivity index (χ0n) is 11.6. The van der Waals surface area contributed by atoms with E-state index in [1.807, 2.05) is 73.9 Å². The van der Waals surface area contributed by atoms with Crippen LogP contribution in [0.3, 0.4) is 0 Å². The lowest BCUT2D eigenvalue weighted by atomic mass is 10.2. The largest absolute Gasteiger partial charge is 0.322 e. The standard InChI is InChI=1S/C17H17NOS/c1-13-8-10-15(11-9-13)18-17(19)14(2)12-20-16-6-4-3-5-7-16/h3-12H,1-2H3,(H,18,19). The maximum absolute atomic E-state index is 12.0. The van der Waals surface area contributed by atoms with Gasteiger partial charge in [0, 0.05) is 16.2 Å². The Bertz CT molecular complexity index is 603. The Morgan fingerprint density at radius 2 is 1.70 bits per heavy atom. The van der Waals surface area contributed by atoms with E-state index < -0.39 is 0 Å². The van der Waals surface area contributed by atoms with Gasteiger partial charge in [0.25, 0.3) is 5.91 Å². The number of hydrogen-bond donors (Lipinski definition) is 1. The molecule has 0 atom stereocenters. The van der Waals surface area contributed by atoms with Crippen LogP contribution < -0.4 is 5.32 Å². The Morgan fingerprint density at radius 1 is 1.05 bits per heavy atom. The predicted octanol–water partition coefficient (Wildman–Crippen LogP) is 4.63. The van der Waals surface area contributed by atoms with Gasteiger partial charge < -0.3 is 5.32 Å². The number of carbonyl (C=O) groups is 1. The highest BCUT2D eigenvalue weighted by atomic mass is 32.2. The van der Waals surface area contributed by atoms with Crippen LogP contribution >= 0.6 is 11.8 Å². The van der Waals surface area contributed by atoms with Crippen LogP contribution in [0.1, 0.15) is 12.5 Å². The maximum Gasteiger partial charge on any atom is 0.251 e. The molecule has 3 heteroatoms. The molecular weight excluding hydrogens is 266 g/mol. The number of nitrogens with one attached hydrogen (secondary N) is 1. The van der Waals surface area contributed by atoms with Crippen molar-refractivity contribution in [2.45, 2.75) is 18.7 Å². The molecule has 0 aliphatic carbocycles. The number of benzene rings is 2.